The minimum atomic E-state index is -3.72. The fourth-order valence-electron chi connectivity index (χ4n) is 2.34. The van der Waals surface area contributed by atoms with Crippen molar-refractivity contribution < 1.29 is 18.3 Å². The number of aliphatic hydroxyl groups is 1. The van der Waals surface area contributed by atoms with Crippen molar-refractivity contribution in [1.82, 2.24) is 9.84 Å². The number of sulfonamides is 1. The predicted octanol–water partition coefficient (Wildman–Crippen LogP) is 0.919. The number of hydrazine groups is 1. The van der Waals surface area contributed by atoms with Gasteiger partial charge < -0.3 is 9.84 Å². The van der Waals surface area contributed by atoms with Crippen molar-refractivity contribution in [2.24, 2.45) is 0 Å². The summed E-state index contributed by atoms with van der Waals surface area (Å²) in [6.45, 7) is 1.73. The van der Waals surface area contributed by atoms with Crippen LogP contribution in [0.25, 0.3) is 10.1 Å². The van der Waals surface area contributed by atoms with E-state index in [4.69, 9.17) is 4.74 Å². The first-order valence-electron chi connectivity index (χ1n) is 6.58. The molecule has 114 valence electrons. The average Bonchev–Trinajstić information content (AvgIpc) is 2.87. The molecule has 2 heterocycles. The Hall–Kier alpha value is -1.03. The first-order chi connectivity index (χ1) is 10.1. The standard InChI is InChI=1S/C13H16N2O4S2/c16-9-12-13(10-3-1-2-4-11(10)20-12)21(17,18)14-15-5-7-19-8-6-15/h1-4,14,16H,5-9H2. The van der Waals surface area contributed by atoms with Gasteiger partial charge in [0.15, 0.2) is 0 Å². The first-order valence-corrected chi connectivity index (χ1v) is 8.88. The van der Waals surface area contributed by atoms with Gasteiger partial charge in [0.2, 0.25) is 0 Å². The van der Waals surface area contributed by atoms with Crippen molar-refractivity contribution in [3.8, 4) is 0 Å². The number of benzene rings is 1. The molecule has 1 fully saturated rings. The quantitative estimate of drug-likeness (QED) is 0.872. The number of hydrogen-bond acceptors (Lipinski definition) is 6. The number of nitrogens with zero attached hydrogens (tertiary/aromatic N) is 1. The summed E-state index contributed by atoms with van der Waals surface area (Å²) in [5.74, 6) is 0. The third kappa shape index (κ3) is 2.96. The van der Waals surface area contributed by atoms with E-state index in [2.05, 4.69) is 4.83 Å². The van der Waals surface area contributed by atoms with Gasteiger partial charge in [-0.1, -0.05) is 18.2 Å². The second-order valence-electron chi connectivity index (χ2n) is 4.70. The van der Waals surface area contributed by atoms with Gasteiger partial charge in [0.25, 0.3) is 10.0 Å². The maximum Gasteiger partial charge on any atom is 0.255 e. The summed E-state index contributed by atoms with van der Waals surface area (Å²) in [5.41, 5.74) is 0. The molecule has 1 aromatic carbocycles. The molecule has 1 saturated heterocycles. The van der Waals surface area contributed by atoms with E-state index in [1.165, 1.54) is 11.3 Å². The Labute approximate surface area is 127 Å². The van der Waals surface area contributed by atoms with Crippen LogP contribution >= 0.6 is 11.3 Å². The lowest BCUT2D eigenvalue weighted by molar-refractivity contribution is 0.0272. The van der Waals surface area contributed by atoms with E-state index in [-0.39, 0.29) is 11.5 Å². The zero-order valence-electron chi connectivity index (χ0n) is 11.3. The largest absolute Gasteiger partial charge is 0.391 e. The average molecular weight is 328 g/mol. The van der Waals surface area contributed by atoms with Crippen LogP contribution in [-0.2, 0) is 21.4 Å². The summed E-state index contributed by atoms with van der Waals surface area (Å²) in [4.78, 5) is 3.22. The van der Waals surface area contributed by atoms with E-state index in [0.29, 0.717) is 36.6 Å². The Morgan fingerprint density at radius 2 is 2.00 bits per heavy atom. The molecule has 0 atom stereocenters. The Morgan fingerprint density at radius 3 is 2.71 bits per heavy atom. The number of rotatable bonds is 4. The van der Waals surface area contributed by atoms with Crippen molar-refractivity contribution in [3.05, 3.63) is 29.1 Å². The van der Waals surface area contributed by atoms with Crippen molar-refractivity contribution in [2.75, 3.05) is 26.3 Å². The van der Waals surface area contributed by atoms with E-state index in [9.17, 15) is 13.5 Å². The Morgan fingerprint density at radius 1 is 1.29 bits per heavy atom. The third-order valence-electron chi connectivity index (χ3n) is 3.29. The van der Waals surface area contributed by atoms with Gasteiger partial charge in [-0.05, 0) is 6.07 Å². The van der Waals surface area contributed by atoms with Gasteiger partial charge in [0.05, 0.1) is 24.7 Å². The number of hydrogen-bond donors (Lipinski definition) is 2. The molecule has 8 heteroatoms. The van der Waals surface area contributed by atoms with Crippen LogP contribution in [-0.4, -0.2) is 44.8 Å². The first kappa shape index (κ1) is 14.9. The molecule has 6 nitrogen and oxygen atoms in total. The van der Waals surface area contributed by atoms with Crippen LogP contribution in [0.15, 0.2) is 29.2 Å². The highest BCUT2D eigenvalue weighted by atomic mass is 32.2. The van der Waals surface area contributed by atoms with Gasteiger partial charge in [-0.25, -0.2) is 13.4 Å². The fraction of sp³-hybridized carbons (Fsp3) is 0.385. The second-order valence-corrected chi connectivity index (χ2v) is 7.44. The Kier molecular flexibility index (Phi) is 4.25. The molecule has 0 spiro atoms. The van der Waals surface area contributed by atoms with Crippen LogP contribution in [0.3, 0.4) is 0 Å². The smallest absolute Gasteiger partial charge is 0.255 e. The fourth-order valence-corrected chi connectivity index (χ4v) is 5.27. The van der Waals surface area contributed by atoms with Crippen LogP contribution in [0.5, 0.6) is 0 Å². The highest BCUT2D eigenvalue weighted by Gasteiger charge is 2.26. The predicted molar refractivity (Wildman–Crippen MR) is 80.5 cm³/mol. The lowest BCUT2D eigenvalue weighted by Crippen LogP contribution is -2.48. The molecule has 1 aromatic heterocycles. The molecule has 1 aliphatic heterocycles. The molecule has 1 aliphatic rings. The molecule has 3 rings (SSSR count). The van der Waals surface area contributed by atoms with Crippen LogP contribution in [0.4, 0.5) is 0 Å². The number of ether oxygens (including phenoxy) is 1. The molecule has 0 amide bonds. The van der Waals surface area contributed by atoms with Gasteiger partial charge in [-0.15, -0.1) is 16.2 Å². The number of nitrogens with one attached hydrogen (secondary N) is 1. The number of aliphatic hydroxyl groups excluding tert-OH is 1. The highest BCUT2D eigenvalue weighted by molar-refractivity contribution is 7.90. The van der Waals surface area contributed by atoms with Crippen molar-refractivity contribution >= 4 is 31.4 Å². The summed E-state index contributed by atoms with van der Waals surface area (Å²) < 4.78 is 31.4. The maximum atomic E-state index is 12.7. The molecule has 2 aromatic rings. The van der Waals surface area contributed by atoms with Crippen LogP contribution in [0.1, 0.15) is 4.88 Å². The van der Waals surface area contributed by atoms with E-state index in [1.54, 1.807) is 17.1 Å². The number of morpholine rings is 1. The second kappa shape index (κ2) is 5.99. The third-order valence-corrected chi connectivity index (χ3v) is 6.08. The molecular weight excluding hydrogens is 312 g/mol. The van der Waals surface area contributed by atoms with Crippen molar-refractivity contribution in [2.45, 2.75) is 11.5 Å². The molecule has 0 aliphatic carbocycles. The van der Waals surface area contributed by atoms with E-state index >= 15 is 0 Å². The summed E-state index contributed by atoms with van der Waals surface area (Å²) >= 11 is 1.30. The van der Waals surface area contributed by atoms with Gasteiger partial charge in [-0.2, -0.15) is 0 Å². The summed E-state index contributed by atoms with van der Waals surface area (Å²) in [7, 11) is -3.72. The van der Waals surface area contributed by atoms with Gasteiger partial charge in [-0.3, -0.25) is 0 Å². The van der Waals surface area contributed by atoms with E-state index < -0.39 is 10.0 Å². The number of fused-ring (bicyclic) bond motifs is 1. The minimum Gasteiger partial charge on any atom is -0.391 e. The van der Waals surface area contributed by atoms with Crippen LogP contribution < -0.4 is 4.83 Å². The molecule has 0 radical (unpaired) electrons. The SMILES string of the molecule is O=S(=O)(NN1CCOCC1)c1c(CO)sc2ccccc12. The summed E-state index contributed by atoms with van der Waals surface area (Å²) in [6.07, 6.45) is 0. The lowest BCUT2D eigenvalue weighted by Gasteiger charge is -2.26. The molecule has 0 saturated carbocycles. The zero-order valence-corrected chi connectivity index (χ0v) is 12.9. The topological polar surface area (TPSA) is 78.9 Å². The molecule has 2 N–H and O–H groups in total. The lowest BCUT2D eigenvalue weighted by atomic mass is 10.2. The summed E-state index contributed by atoms with van der Waals surface area (Å²) in [5, 5.41) is 11.8. The van der Waals surface area contributed by atoms with Gasteiger partial charge >= 0.3 is 0 Å². The zero-order chi connectivity index (χ0) is 14.9. The molecule has 21 heavy (non-hydrogen) atoms. The maximum absolute atomic E-state index is 12.7. The molecule has 0 bridgehead atoms. The number of thiophene rings is 1. The Balaban J connectivity index is 2.01. The highest BCUT2D eigenvalue weighted by Crippen LogP contribution is 2.34. The molecule has 0 unspecified atom stereocenters. The van der Waals surface area contributed by atoms with E-state index in [1.807, 2.05) is 12.1 Å². The van der Waals surface area contributed by atoms with Crippen LogP contribution in [0.2, 0.25) is 0 Å². The monoisotopic (exact) mass is 328 g/mol. The van der Waals surface area contributed by atoms with Gasteiger partial charge in [0, 0.05) is 23.2 Å². The minimum absolute atomic E-state index is 0.178. The van der Waals surface area contributed by atoms with E-state index in [0.717, 1.165) is 4.70 Å². The Bertz CT molecular complexity index is 736. The normalized spacial score (nSPS) is 17.4. The van der Waals surface area contributed by atoms with Crippen molar-refractivity contribution in [1.29, 1.82) is 0 Å². The van der Waals surface area contributed by atoms with Crippen LogP contribution in [0, 0.1) is 0 Å². The summed E-state index contributed by atoms with van der Waals surface area (Å²) in [6, 6.07) is 7.27. The van der Waals surface area contributed by atoms with Crippen molar-refractivity contribution in [3.63, 3.8) is 0 Å². The van der Waals surface area contributed by atoms with Gasteiger partial charge in [0.1, 0.15) is 4.90 Å². The molecular formula is C13H16N2O4S2.